The molecule has 2 N–H and O–H groups in total. The fourth-order valence-electron chi connectivity index (χ4n) is 4.02. The van der Waals surface area contributed by atoms with Gasteiger partial charge >= 0.3 is 0 Å². The molecule has 0 aliphatic carbocycles. The first-order valence-electron chi connectivity index (χ1n) is 9.65. The van der Waals surface area contributed by atoms with Gasteiger partial charge in [-0.2, -0.15) is 5.10 Å². The lowest BCUT2D eigenvalue weighted by Gasteiger charge is -2.26. The first kappa shape index (κ1) is 19.0. The van der Waals surface area contributed by atoms with Crippen molar-refractivity contribution in [2.24, 2.45) is 0 Å². The molecular weight excluding hydrogens is 368 g/mol. The van der Waals surface area contributed by atoms with E-state index in [1.165, 1.54) is 10.7 Å². The van der Waals surface area contributed by atoms with Gasteiger partial charge in [0.2, 0.25) is 0 Å². The van der Waals surface area contributed by atoms with Crippen molar-refractivity contribution in [3.63, 3.8) is 0 Å². The molecule has 7 nitrogen and oxygen atoms in total. The molecule has 3 heterocycles. The van der Waals surface area contributed by atoms with Gasteiger partial charge in [-0.25, -0.2) is 4.68 Å². The normalized spacial score (nSPS) is 16.7. The Kier molecular flexibility index (Phi) is 4.53. The minimum Gasteiger partial charge on any atom is -0.466 e. The minimum absolute atomic E-state index is 0.0114. The van der Waals surface area contributed by atoms with E-state index in [-0.39, 0.29) is 17.6 Å². The van der Waals surface area contributed by atoms with Gasteiger partial charge in [-0.1, -0.05) is 18.2 Å². The molecule has 0 spiro atoms. The fraction of sp³-hybridized carbons (Fsp3) is 0.318. The summed E-state index contributed by atoms with van der Waals surface area (Å²) >= 11 is 0. The Bertz CT molecular complexity index is 1160. The number of hydrogen-bond acceptors (Lipinski definition) is 5. The van der Waals surface area contributed by atoms with Crippen molar-refractivity contribution < 1.29 is 9.21 Å². The van der Waals surface area contributed by atoms with Crippen LogP contribution in [0.15, 0.2) is 45.6 Å². The number of anilines is 2. The monoisotopic (exact) mass is 392 g/mol. The maximum absolute atomic E-state index is 13.4. The van der Waals surface area contributed by atoms with Crippen molar-refractivity contribution in [1.82, 2.24) is 9.78 Å². The average Bonchev–Trinajstić information content (AvgIpc) is 3.20. The Morgan fingerprint density at radius 1 is 1.28 bits per heavy atom. The van der Waals surface area contributed by atoms with Crippen LogP contribution in [-0.4, -0.2) is 21.7 Å². The van der Waals surface area contributed by atoms with Crippen LogP contribution in [0.25, 0.3) is 11.3 Å². The Labute approximate surface area is 168 Å². The van der Waals surface area contributed by atoms with E-state index in [0.29, 0.717) is 11.5 Å². The number of para-hydroxylation sites is 1. The van der Waals surface area contributed by atoms with Crippen LogP contribution in [0.5, 0.6) is 0 Å². The third-order valence-corrected chi connectivity index (χ3v) is 5.45. The fourth-order valence-corrected chi connectivity index (χ4v) is 4.02. The number of benzene rings is 1. The van der Waals surface area contributed by atoms with Crippen molar-refractivity contribution in [3.8, 4) is 11.3 Å². The molecule has 1 aliphatic heterocycles. The molecule has 0 bridgehead atoms. The Balaban J connectivity index is 1.76. The van der Waals surface area contributed by atoms with Crippen LogP contribution >= 0.6 is 0 Å². The van der Waals surface area contributed by atoms with Crippen LogP contribution in [0.3, 0.4) is 0 Å². The summed E-state index contributed by atoms with van der Waals surface area (Å²) in [6, 6.07) is 10.4. The summed E-state index contributed by atoms with van der Waals surface area (Å²) in [5.74, 6) is 1.23. The zero-order chi connectivity index (χ0) is 20.9. The van der Waals surface area contributed by atoms with E-state index < -0.39 is 11.6 Å². The van der Waals surface area contributed by atoms with Gasteiger partial charge in [-0.3, -0.25) is 9.59 Å². The quantitative estimate of drug-likeness (QED) is 0.738. The standard InChI is InChI=1S/C22H24N4O3/c1-12-9-16-7-5-6-8-20(16)25(12)21(27)14(3)26-22(28)18(23)11-19(24-26)17-10-13(2)29-15(17)4/h5-8,10-12,14H,9,23H2,1-4H3/t12-,14-/m0/s1. The molecule has 150 valence electrons. The van der Waals surface area contributed by atoms with Gasteiger partial charge in [0.25, 0.3) is 11.5 Å². The number of carbonyl (C=O) groups is 1. The zero-order valence-electron chi connectivity index (χ0n) is 17.0. The summed E-state index contributed by atoms with van der Waals surface area (Å²) in [7, 11) is 0. The second kappa shape index (κ2) is 6.92. The lowest BCUT2D eigenvalue weighted by atomic mass is 10.1. The van der Waals surface area contributed by atoms with Crippen molar-refractivity contribution in [1.29, 1.82) is 0 Å². The van der Waals surface area contributed by atoms with Gasteiger partial charge in [0.15, 0.2) is 0 Å². The largest absolute Gasteiger partial charge is 0.466 e. The summed E-state index contributed by atoms with van der Waals surface area (Å²) in [6.45, 7) is 7.35. The van der Waals surface area contributed by atoms with Gasteiger partial charge in [0.05, 0.1) is 5.69 Å². The highest BCUT2D eigenvalue weighted by molar-refractivity contribution is 5.98. The summed E-state index contributed by atoms with van der Waals surface area (Å²) in [5.41, 5.74) is 8.81. The van der Waals surface area contributed by atoms with Gasteiger partial charge in [0.1, 0.15) is 23.2 Å². The first-order valence-corrected chi connectivity index (χ1v) is 9.65. The molecular formula is C22H24N4O3. The van der Waals surface area contributed by atoms with E-state index in [1.54, 1.807) is 11.8 Å². The number of hydrogen-bond donors (Lipinski definition) is 1. The number of furan rings is 1. The van der Waals surface area contributed by atoms with Crippen molar-refractivity contribution in [3.05, 3.63) is 63.8 Å². The van der Waals surface area contributed by atoms with Crippen molar-refractivity contribution in [2.75, 3.05) is 10.6 Å². The zero-order valence-corrected chi connectivity index (χ0v) is 17.0. The minimum atomic E-state index is -0.799. The van der Waals surface area contributed by atoms with Gasteiger partial charge in [-0.15, -0.1) is 0 Å². The van der Waals surface area contributed by atoms with Gasteiger partial charge in [-0.05, 0) is 57.9 Å². The highest BCUT2D eigenvalue weighted by Crippen LogP contribution is 2.33. The maximum Gasteiger partial charge on any atom is 0.290 e. The molecule has 1 amide bonds. The second-order valence-electron chi connectivity index (χ2n) is 7.63. The smallest absolute Gasteiger partial charge is 0.290 e. The number of amides is 1. The van der Waals surface area contributed by atoms with E-state index in [0.717, 1.165) is 29.0 Å². The van der Waals surface area contributed by atoms with E-state index in [2.05, 4.69) is 5.10 Å². The molecule has 4 rings (SSSR count). The number of fused-ring (bicyclic) bond motifs is 1. The van der Waals surface area contributed by atoms with Gasteiger partial charge < -0.3 is 15.1 Å². The number of nitrogens with zero attached hydrogens (tertiary/aromatic N) is 3. The number of carbonyl (C=O) groups excluding carboxylic acids is 1. The lowest BCUT2D eigenvalue weighted by Crippen LogP contribution is -2.43. The molecule has 0 unspecified atom stereocenters. The van der Waals surface area contributed by atoms with Crippen LogP contribution in [-0.2, 0) is 11.2 Å². The van der Waals surface area contributed by atoms with Crippen LogP contribution in [0.1, 0.15) is 37.0 Å². The van der Waals surface area contributed by atoms with Crippen LogP contribution < -0.4 is 16.2 Å². The summed E-state index contributed by atoms with van der Waals surface area (Å²) in [6.07, 6.45) is 0.784. The molecule has 29 heavy (non-hydrogen) atoms. The highest BCUT2D eigenvalue weighted by Gasteiger charge is 2.34. The van der Waals surface area contributed by atoms with Gasteiger partial charge in [0, 0.05) is 17.3 Å². The number of nitrogen functional groups attached to an aromatic ring is 1. The van der Waals surface area contributed by atoms with E-state index >= 15 is 0 Å². The molecule has 1 aliphatic rings. The SMILES string of the molecule is Cc1cc(-c2cc(N)c(=O)n([C@@H](C)C(=O)N3c4ccccc4C[C@@H]3C)n2)c(C)o1. The predicted molar refractivity (Wildman–Crippen MR) is 112 cm³/mol. The van der Waals surface area contributed by atoms with Crippen LogP contribution in [0.2, 0.25) is 0 Å². The highest BCUT2D eigenvalue weighted by atomic mass is 16.3. The molecule has 0 saturated heterocycles. The summed E-state index contributed by atoms with van der Waals surface area (Å²) < 4.78 is 6.76. The molecule has 2 aromatic heterocycles. The molecule has 0 saturated carbocycles. The van der Waals surface area contributed by atoms with E-state index in [4.69, 9.17) is 10.2 Å². The van der Waals surface area contributed by atoms with E-state index in [1.807, 2.05) is 51.1 Å². The molecule has 3 aromatic rings. The van der Waals surface area contributed by atoms with Crippen LogP contribution in [0.4, 0.5) is 11.4 Å². The number of aromatic nitrogens is 2. The Morgan fingerprint density at radius 3 is 2.69 bits per heavy atom. The average molecular weight is 392 g/mol. The molecule has 0 fully saturated rings. The first-order chi connectivity index (χ1) is 13.8. The number of rotatable bonds is 3. The topological polar surface area (TPSA) is 94.4 Å². The van der Waals surface area contributed by atoms with E-state index in [9.17, 15) is 9.59 Å². The molecule has 2 atom stereocenters. The molecule has 7 heteroatoms. The molecule has 1 aromatic carbocycles. The predicted octanol–water partition coefficient (Wildman–Crippen LogP) is 3.24. The second-order valence-corrected chi connectivity index (χ2v) is 7.63. The van der Waals surface area contributed by atoms with Crippen LogP contribution in [0, 0.1) is 13.8 Å². The Hall–Kier alpha value is -3.35. The summed E-state index contributed by atoms with van der Waals surface area (Å²) in [4.78, 5) is 27.8. The third-order valence-electron chi connectivity index (χ3n) is 5.45. The third kappa shape index (κ3) is 3.12. The number of nitrogens with two attached hydrogens (primary N) is 1. The number of aryl methyl sites for hydroxylation is 2. The summed E-state index contributed by atoms with van der Waals surface area (Å²) in [5, 5.41) is 4.47. The van der Waals surface area contributed by atoms with Crippen molar-refractivity contribution >= 4 is 17.3 Å². The maximum atomic E-state index is 13.4. The Morgan fingerprint density at radius 2 is 2.00 bits per heavy atom. The lowest BCUT2D eigenvalue weighted by molar-refractivity contribution is -0.121. The molecule has 0 radical (unpaired) electrons. The van der Waals surface area contributed by atoms with Crippen molar-refractivity contribution in [2.45, 2.75) is 46.2 Å².